The first kappa shape index (κ1) is 13.1. The van der Waals surface area contributed by atoms with Gasteiger partial charge in [-0.3, -0.25) is 4.79 Å². The largest absolute Gasteiger partial charge is 0.437 e. The van der Waals surface area contributed by atoms with E-state index in [1.54, 1.807) is 4.90 Å². The van der Waals surface area contributed by atoms with Crippen molar-refractivity contribution in [2.75, 3.05) is 6.54 Å². The maximum Gasteiger partial charge on any atom is 0.437 e. The average Bonchev–Trinajstić information content (AvgIpc) is 2.98. The minimum absolute atomic E-state index is 0.0575. The Labute approximate surface area is 119 Å². The molecule has 1 fully saturated rings. The number of nitrogens with zero attached hydrogens (tertiary/aromatic N) is 3. The predicted molar refractivity (Wildman–Crippen MR) is 74.5 cm³/mol. The van der Waals surface area contributed by atoms with E-state index in [2.05, 4.69) is 5.10 Å². The summed E-state index contributed by atoms with van der Waals surface area (Å²) in [6.07, 6.45) is 2.10. The van der Waals surface area contributed by atoms with Gasteiger partial charge in [0.2, 0.25) is 5.91 Å². The Balaban J connectivity index is 1.77. The molecule has 0 aromatic carbocycles. The van der Waals surface area contributed by atoms with E-state index < -0.39 is 5.76 Å². The van der Waals surface area contributed by atoms with Crippen molar-refractivity contribution < 1.29 is 9.21 Å². The van der Waals surface area contributed by atoms with Gasteiger partial charge in [-0.05, 0) is 31.2 Å². The summed E-state index contributed by atoms with van der Waals surface area (Å²) in [6.45, 7) is 2.55. The van der Waals surface area contributed by atoms with Crippen LogP contribution in [0.5, 0.6) is 0 Å². The third kappa shape index (κ3) is 2.53. The van der Waals surface area contributed by atoms with Crippen molar-refractivity contribution in [1.82, 2.24) is 14.7 Å². The molecular formula is C13H15N3O3S. The highest BCUT2D eigenvalue weighted by molar-refractivity contribution is 7.13. The van der Waals surface area contributed by atoms with E-state index >= 15 is 0 Å². The number of amides is 1. The molecule has 0 atom stereocenters. The molecule has 2 aromatic heterocycles. The maximum atomic E-state index is 12.2. The molecule has 0 saturated heterocycles. The fraction of sp³-hybridized carbons (Fsp3) is 0.462. The first-order valence-corrected chi connectivity index (χ1v) is 7.48. The van der Waals surface area contributed by atoms with E-state index in [1.165, 1.54) is 11.3 Å². The van der Waals surface area contributed by atoms with Crippen LogP contribution in [0.15, 0.2) is 26.7 Å². The van der Waals surface area contributed by atoms with Crippen LogP contribution < -0.4 is 5.76 Å². The molecule has 1 saturated carbocycles. The third-order valence-corrected chi connectivity index (χ3v) is 4.13. The van der Waals surface area contributed by atoms with Gasteiger partial charge in [0.05, 0.1) is 4.88 Å². The molecule has 1 amide bonds. The van der Waals surface area contributed by atoms with Crippen LogP contribution in [0.4, 0.5) is 0 Å². The van der Waals surface area contributed by atoms with E-state index in [1.807, 2.05) is 24.4 Å². The highest BCUT2D eigenvalue weighted by atomic mass is 32.1. The summed E-state index contributed by atoms with van der Waals surface area (Å²) in [7, 11) is 0. The second-order valence-corrected chi connectivity index (χ2v) is 5.67. The van der Waals surface area contributed by atoms with E-state index in [9.17, 15) is 9.59 Å². The number of rotatable bonds is 5. The highest BCUT2D eigenvalue weighted by Gasteiger charge is 2.31. The monoisotopic (exact) mass is 293 g/mol. The quantitative estimate of drug-likeness (QED) is 0.839. The molecule has 1 aliphatic carbocycles. The van der Waals surface area contributed by atoms with Crippen LogP contribution in [0.2, 0.25) is 0 Å². The number of thiophene rings is 1. The van der Waals surface area contributed by atoms with E-state index in [0.29, 0.717) is 12.6 Å². The third-order valence-electron chi connectivity index (χ3n) is 3.27. The molecule has 1 aliphatic rings. The second-order valence-electron chi connectivity index (χ2n) is 4.72. The number of hydrogen-bond acceptors (Lipinski definition) is 5. The summed E-state index contributed by atoms with van der Waals surface area (Å²) in [6, 6.07) is 4.02. The lowest BCUT2D eigenvalue weighted by atomic mass is 10.4. The smallest absolute Gasteiger partial charge is 0.387 e. The molecule has 20 heavy (non-hydrogen) atoms. The zero-order chi connectivity index (χ0) is 14.1. The lowest BCUT2D eigenvalue weighted by Gasteiger charge is -2.19. The van der Waals surface area contributed by atoms with Crippen molar-refractivity contribution in [3.8, 4) is 10.8 Å². The summed E-state index contributed by atoms with van der Waals surface area (Å²) >= 11 is 1.44. The fourth-order valence-corrected chi connectivity index (χ4v) is 2.79. The van der Waals surface area contributed by atoms with Crippen LogP contribution in [0.3, 0.4) is 0 Å². The number of carbonyl (C=O) groups is 1. The van der Waals surface area contributed by atoms with Crippen LogP contribution >= 0.6 is 11.3 Å². The van der Waals surface area contributed by atoms with E-state index in [0.717, 1.165) is 22.4 Å². The van der Waals surface area contributed by atoms with Crippen molar-refractivity contribution in [3.63, 3.8) is 0 Å². The minimum atomic E-state index is -0.589. The SMILES string of the molecule is CCN(C(=O)Cn1nc(-c2cccs2)oc1=O)C1CC1. The standard InChI is InChI=1S/C13H15N3O3S/c1-2-15(9-5-6-9)11(17)8-16-13(18)19-12(14-16)10-4-3-7-20-10/h3-4,7,9H,2,5-6,8H2,1H3. The van der Waals surface area contributed by atoms with Gasteiger partial charge in [-0.15, -0.1) is 16.4 Å². The summed E-state index contributed by atoms with van der Waals surface area (Å²) in [5.74, 6) is -0.399. The molecule has 2 heterocycles. The van der Waals surface area contributed by atoms with E-state index in [4.69, 9.17) is 4.42 Å². The molecule has 6 nitrogen and oxygen atoms in total. The van der Waals surface area contributed by atoms with Crippen LogP contribution in [-0.4, -0.2) is 33.2 Å². The van der Waals surface area contributed by atoms with Gasteiger partial charge in [-0.1, -0.05) is 6.07 Å². The molecule has 0 unspecified atom stereocenters. The Hall–Kier alpha value is -1.89. The lowest BCUT2D eigenvalue weighted by molar-refractivity contribution is -0.132. The van der Waals surface area contributed by atoms with Crippen molar-refractivity contribution in [3.05, 3.63) is 28.1 Å². The number of hydrogen-bond donors (Lipinski definition) is 0. The molecule has 2 aromatic rings. The summed E-state index contributed by atoms with van der Waals surface area (Å²) in [4.78, 5) is 26.5. The van der Waals surface area contributed by atoms with Gasteiger partial charge in [-0.2, -0.15) is 4.68 Å². The van der Waals surface area contributed by atoms with Crippen molar-refractivity contribution in [2.24, 2.45) is 0 Å². The van der Waals surface area contributed by atoms with Gasteiger partial charge in [0, 0.05) is 12.6 Å². The highest BCUT2D eigenvalue weighted by Crippen LogP contribution is 2.26. The van der Waals surface area contributed by atoms with E-state index in [-0.39, 0.29) is 18.3 Å². The molecular weight excluding hydrogens is 278 g/mol. The molecule has 106 valence electrons. The van der Waals surface area contributed by atoms with Crippen molar-refractivity contribution in [2.45, 2.75) is 32.4 Å². The molecule has 7 heteroatoms. The minimum Gasteiger partial charge on any atom is -0.387 e. The number of likely N-dealkylation sites (N-methyl/N-ethyl adjacent to an activating group) is 1. The fourth-order valence-electron chi connectivity index (χ4n) is 2.15. The Morgan fingerprint density at radius 3 is 3.00 bits per heavy atom. The Kier molecular flexibility index (Phi) is 3.43. The summed E-state index contributed by atoms with van der Waals surface area (Å²) in [5.41, 5.74) is 0. The predicted octanol–water partition coefficient (Wildman–Crippen LogP) is 1.58. The lowest BCUT2D eigenvalue weighted by Crippen LogP contribution is -2.37. The van der Waals surface area contributed by atoms with Crippen molar-refractivity contribution >= 4 is 17.2 Å². The molecule has 0 bridgehead atoms. The maximum absolute atomic E-state index is 12.2. The Morgan fingerprint density at radius 2 is 2.40 bits per heavy atom. The second kappa shape index (κ2) is 5.24. The molecule has 3 rings (SSSR count). The van der Waals surface area contributed by atoms with Crippen LogP contribution in [0, 0.1) is 0 Å². The van der Waals surface area contributed by atoms with Gasteiger partial charge in [0.15, 0.2) is 0 Å². The molecule has 0 N–H and O–H groups in total. The van der Waals surface area contributed by atoms with Crippen LogP contribution in [-0.2, 0) is 11.3 Å². The zero-order valence-electron chi connectivity index (χ0n) is 11.1. The first-order valence-electron chi connectivity index (χ1n) is 6.60. The zero-order valence-corrected chi connectivity index (χ0v) is 11.9. The van der Waals surface area contributed by atoms with Gasteiger partial charge in [-0.25, -0.2) is 4.79 Å². The van der Waals surface area contributed by atoms with Crippen LogP contribution in [0.25, 0.3) is 10.8 Å². The Bertz CT molecular complexity index is 655. The summed E-state index contributed by atoms with van der Waals surface area (Å²) < 4.78 is 6.18. The topological polar surface area (TPSA) is 68.3 Å². The number of carbonyl (C=O) groups excluding carboxylic acids is 1. The number of aromatic nitrogens is 2. The van der Waals surface area contributed by atoms with Gasteiger partial charge >= 0.3 is 5.76 Å². The Morgan fingerprint density at radius 1 is 1.60 bits per heavy atom. The average molecular weight is 293 g/mol. The first-order chi connectivity index (χ1) is 9.69. The van der Waals surface area contributed by atoms with Crippen LogP contribution in [0.1, 0.15) is 19.8 Å². The van der Waals surface area contributed by atoms with Gasteiger partial charge in [0.1, 0.15) is 6.54 Å². The van der Waals surface area contributed by atoms with Crippen molar-refractivity contribution in [1.29, 1.82) is 0 Å². The van der Waals surface area contributed by atoms with Gasteiger partial charge < -0.3 is 9.32 Å². The molecule has 0 aliphatic heterocycles. The molecule has 0 spiro atoms. The normalized spacial score (nSPS) is 14.4. The molecule has 0 radical (unpaired) electrons. The van der Waals surface area contributed by atoms with Gasteiger partial charge in [0.25, 0.3) is 5.89 Å². The summed E-state index contributed by atoms with van der Waals surface area (Å²) in [5, 5.41) is 5.97.